The summed E-state index contributed by atoms with van der Waals surface area (Å²) in [5.41, 5.74) is 4.63. The maximum Gasteiger partial charge on any atom is 0.336 e. The molecule has 4 aromatic rings. The van der Waals surface area contributed by atoms with Crippen molar-refractivity contribution < 1.29 is 4.42 Å². The fourth-order valence-corrected chi connectivity index (χ4v) is 4.37. The summed E-state index contributed by atoms with van der Waals surface area (Å²) in [7, 11) is 0. The monoisotopic (exact) mass is 406 g/mol. The van der Waals surface area contributed by atoms with Gasteiger partial charge in [0, 0.05) is 17.2 Å². The number of hydrogen-bond donors (Lipinski definition) is 0. The summed E-state index contributed by atoms with van der Waals surface area (Å²) in [5.74, 6) is 2.48. The van der Waals surface area contributed by atoms with Crippen molar-refractivity contribution in [3.8, 4) is 5.69 Å². The molecule has 0 fully saturated rings. The van der Waals surface area contributed by atoms with Crippen molar-refractivity contribution in [3.63, 3.8) is 0 Å². The van der Waals surface area contributed by atoms with E-state index in [1.54, 1.807) is 22.5 Å². The normalized spacial score (nSPS) is 11.4. The van der Waals surface area contributed by atoms with E-state index in [-0.39, 0.29) is 5.63 Å². The van der Waals surface area contributed by atoms with E-state index < -0.39 is 0 Å². The maximum absolute atomic E-state index is 12.1. The predicted molar refractivity (Wildman–Crippen MR) is 115 cm³/mol. The van der Waals surface area contributed by atoms with Crippen LogP contribution in [-0.4, -0.2) is 20.2 Å². The largest absolute Gasteiger partial charge is 0.423 e. The lowest BCUT2D eigenvalue weighted by molar-refractivity contribution is 0.559. The number of nitrogens with zero attached hydrogens (tertiary/aromatic N) is 4. The highest BCUT2D eigenvalue weighted by Crippen LogP contribution is 2.29. The van der Waals surface area contributed by atoms with E-state index >= 15 is 0 Å². The number of para-hydroxylation sites is 1. The van der Waals surface area contributed by atoms with Crippen LogP contribution in [0, 0.1) is 6.92 Å². The second kappa shape index (κ2) is 8.21. The molecule has 29 heavy (non-hydrogen) atoms. The van der Waals surface area contributed by atoms with Crippen LogP contribution in [0.2, 0.25) is 0 Å². The average molecular weight is 407 g/mol. The van der Waals surface area contributed by atoms with Crippen molar-refractivity contribution >= 4 is 22.7 Å². The van der Waals surface area contributed by atoms with E-state index in [2.05, 4.69) is 42.4 Å². The molecule has 0 radical (unpaired) electrons. The zero-order valence-corrected chi connectivity index (χ0v) is 17.4. The molecule has 2 aromatic carbocycles. The van der Waals surface area contributed by atoms with E-state index in [9.17, 15) is 4.79 Å². The molecule has 0 unspecified atom stereocenters. The molecule has 0 aliphatic carbocycles. The molecule has 0 amide bonds. The van der Waals surface area contributed by atoms with Gasteiger partial charge in [-0.1, -0.05) is 32.0 Å². The van der Waals surface area contributed by atoms with Crippen molar-refractivity contribution in [1.29, 1.82) is 0 Å². The molecular weight excluding hydrogens is 384 g/mol. The summed E-state index contributed by atoms with van der Waals surface area (Å²) in [6, 6.07) is 15.5. The summed E-state index contributed by atoms with van der Waals surface area (Å²) in [4.78, 5) is 12.1. The molecule has 0 N–H and O–H groups in total. The number of aromatic nitrogens is 4. The lowest BCUT2D eigenvalue weighted by Crippen LogP contribution is -2.03. The molecule has 0 saturated carbocycles. The van der Waals surface area contributed by atoms with Gasteiger partial charge in [-0.2, -0.15) is 4.68 Å². The molecule has 148 valence electrons. The first-order valence-corrected chi connectivity index (χ1v) is 10.7. The van der Waals surface area contributed by atoms with Gasteiger partial charge in [-0.05, 0) is 64.2 Å². The Hall–Kier alpha value is -2.93. The van der Waals surface area contributed by atoms with Crippen LogP contribution in [0.5, 0.6) is 0 Å². The lowest BCUT2D eigenvalue weighted by atomic mass is 9.95. The number of hydrogen-bond acceptors (Lipinski definition) is 6. The smallest absolute Gasteiger partial charge is 0.336 e. The third-order valence-electron chi connectivity index (χ3n) is 4.86. The van der Waals surface area contributed by atoms with Crippen molar-refractivity contribution in [1.82, 2.24) is 20.2 Å². The highest BCUT2D eigenvalue weighted by Gasteiger charge is 2.13. The van der Waals surface area contributed by atoms with Crippen molar-refractivity contribution in [3.05, 3.63) is 81.5 Å². The fraction of sp³-hybridized carbons (Fsp3) is 0.273. The van der Waals surface area contributed by atoms with Gasteiger partial charge >= 0.3 is 5.63 Å². The standard InChI is InChI=1S/C22H22N4O2S/c1-14(2)18-11-19-16(10-22(27)28-20(19)9-15(18)3)12-29-13-21-23-24-25-26(21)17-7-5-4-6-8-17/h4-11,14H,12-13H2,1-3H3. The minimum atomic E-state index is -0.320. The second-order valence-electron chi connectivity index (χ2n) is 7.29. The summed E-state index contributed by atoms with van der Waals surface area (Å²) < 4.78 is 7.19. The third-order valence-corrected chi connectivity index (χ3v) is 5.84. The molecule has 0 aliphatic rings. The van der Waals surface area contributed by atoms with Crippen molar-refractivity contribution in [2.24, 2.45) is 0 Å². The first-order chi connectivity index (χ1) is 14.0. The molecule has 0 bridgehead atoms. The molecule has 0 saturated heterocycles. The quantitative estimate of drug-likeness (QED) is 0.435. The molecule has 0 spiro atoms. The molecule has 0 aliphatic heterocycles. The van der Waals surface area contributed by atoms with E-state index in [1.807, 2.05) is 36.4 Å². The van der Waals surface area contributed by atoms with Crippen LogP contribution in [0.1, 0.15) is 42.3 Å². The Morgan fingerprint density at radius 2 is 1.90 bits per heavy atom. The molecule has 2 heterocycles. The molecule has 2 aromatic heterocycles. The molecule has 6 nitrogen and oxygen atoms in total. The highest BCUT2D eigenvalue weighted by atomic mass is 32.2. The van der Waals surface area contributed by atoms with Crippen LogP contribution in [0.15, 0.2) is 57.7 Å². The lowest BCUT2D eigenvalue weighted by Gasteiger charge is -2.13. The Balaban J connectivity index is 1.59. The van der Waals surface area contributed by atoms with Gasteiger partial charge in [0.05, 0.1) is 11.4 Å². The number of rotatable bonds is 6. The van der Waals surface area contributed by atoms with Crippen LogP contribution in [0.25, 0.3) is 16.7 Å². The molecule has 0 atom stereocenters. The predicted octanol–water partition coefficient (Wildman–Crippen LogP) is 4.63. The summed E-state index contributed by atoms with van der Waals surface area (Å²) >= 11 is 1.67. The Labute approximate surface area is 172 Å². The van der Waals surface area contributed by atoms with Crippen LogP contribution in [0.3, 0.4) is 0 Å². The van der Waals surface area contributed by atoms with Gasteiger partial charge in [0.2, 0.25) is 0 Å². The van der Waals surface area contributed by atoms with Crippen LogP contribution in [0.4, 0.5) is 0 Å². The topological polar surface area (TPSA) is 73.8 Å². The van der Waals surface area contributed by atoms with Gasteiger partial charge < -0.3 is 4.42 Å². The second-order valence-corrected chi connectivity index (χ2v) is 8.27. The molecular formula is C22H22N4O2S. The molecule has 7 heteroatoms. The van der Waals surface area contributed by atoms with Crippen LogP contribution < -0.4 is 5.63 Å². The summed E-state index contributed by atoms with van der Waals surface area (Å²) in [6.07, 6.45) is 0. The van der Waals surface area contributed by atoms with Gasteiger partial charge in [-0.25, -0.2) is 4.79 Å². The average Bonchev–Trinajstić information content (AvgIpc) is 3.16. The number of thioether (sulfide) groups is 1. The van der Waals surface area contributed by atoms with E-state index in [1.165, 1.54) is 5.56 Å². The van der Waals surface area contributed by atoms with Gasteiger partial charge in [-0.15, -0.1) is 16.9 Å². The van der Waals surface area contributed by atoms with Crippen LogP contribution in [-0.2, 0) is 11.5 Å². The summed E-state index contributed by atoms with van der Waals surface area (Å²) in [6.45, 7) is 6.40. The SMILES string of the molecule is Cc1cc2oc(=O)cc(CSCc3nnnn3-c3ccccc3)c2cc1C(C)C. The van der Waals surface area contributed by atoms with Crippen molar-refractivity contribution in [2.75, 3.05) is 0 Å². The van der Waals surface area contributed by atoms with Crippen molar-refractivity contribution in [2.45, 2.75) is 38.2 Å². The van der Waals surface area contributed by atoms with E-state index in [0.29, 0.717) is 23.0 Å². The van der Waals surface area contributed by atoms with E-state index in [0.717, 1.165) is 28.0 Å². The van der Waals surface area contributed by atoms with Gasteiger partial charge in [0.15, 0.2) is 5.82 Å². The number of aryl methyl sites for hydroxylation is 1. The zero-order valence-electron chi connectivity index (χ0n) is 16.6. The summed E-state index contributed by atoms with van der Waals surface area (Å²) in [5, 5.41) is 13.1. The Bertz CT molecular complexity index is 1200. The molecule has 4 rings (SSSR count). The zero-order chi connectivity index (χ0) is 20.4. The van der Waals surface area contributed by atoms with Gasteiger partial charge in [0.25, 0.3) is 0 Å². The highest BCUT2D eigenvalue weighted by molar-refractivity contribution is 7.97. The Morgan fingerprint density at radius 3 is 2.66 bits per heavy atom. The first kappa shape index (κ1) is 19.4. The number of tetrazole rings is 1. The first-order valence-electron chi connectivity index (χ1n) is 9.50. The number of fused-ring (bicyclic) bond motifs is 1. The maximum atomic E-state index is 12.1. The Kier molecular flexibility index (Phi) is 5.49. The minimum Gasteiger partial charge on any atom is -0.423 e. The minimum absolute atomic E-state index is 0.320. The number of benzene rings is 2. The van der Waals surface area contributed by atoms with Crippen LogP contribution >= 0.6 is 11.8 Å². The van der Waals surface area contributed by atoms with Gasteiger partial charge in [0.1, 0.15) is 5.58 Å². The van der Waals surface area contributed by atoms with Gasteiger partial charge in [-0.3, -0.25) is 0 Å². The third kappa shape index (κ3) is 4.10. The fourth-order valence-electron chi connectivity index (χ4n) is 3.45. The Morgan fingerprint density at radius 1 is 1.10 bits per heavy atom. The van der Waals surface area contributed by atoms with E-state index in [4.69, 9.17) is 4.42 Å².